The summed E-state index contributed by atoms with van der Waals surface area (Å²) in [4.78, 5) is 11.5. The molecule has 2 N–H and O–H groups in total. The van der Waals surface area contributed by atoms with Crippen LogP contribution in [0.5, 0.6) is 0 Å². The Balaban J connectivity index is 1.39. The van der Waals surface area contributed by atoms with E-state index in [4.69, 9.17) is 28.2 Å². The van der Waals surface area contributed by atoms with Gasteiger partial charge in [0.15, 0.2) is 0 Å². The molecular weight excluding hydrogens is 369 g/mol. The highest BCUT2D eigenvalue weighted by Gasteiger charge is 2.37. The molecule has 2 aliphatic heterocycles. The smallest absolute Gasteiger partial charge is 0.227 e. The maximum Gasteiger partial charge on any atom is 0.227 e. The quantitative estimate of drug-likeness (QED) is 0.825. The molecule has 0 amide bonds. The summed E-state index contributed by atoms with van der Waals surface area (Å²) in [5.74, 6) is 1.61. The summed E-state index contributed by atoms with van der Waals surface area (Å²) >= 11 is 12.2. The molecule has 1 aromatic carbocycles. The van der Waals surface area contributed by atoms with E-state index in [9.17, 15) is 0 Å². The molecule has 0 aliphatic carbocycles. The Morgan fingerprint density at radius 2 is 2.00 bits per heavy atom. The lowest BCUT2D eigenvalue weighted by Gasteiger charge is -2.38. The van der Waals surface area contributed by atoms with E-state index in [1.54, 1.807) is 6.07 Å². The minimum atomic E-state index is 0.498. The second-order valence-electron chi connectivity index (χ2n) is 7.24. The fourth-order valence-electron chi connectivity index (χ4n) is 3.85. The fraction of sp³-hybridized carbons (Fsp3) is 0.474. The number of aromatic nitrogens is 2. The standard InChI is InChI=1S/C19H23Cl2N5/c20-15-2-1-14(16(21)11-15)12-24-17-3-7-23-18(25-17)26-9-5-19(6-10-26)4-8-22-13-19/h1-3,7,11,22H,4-6,8-10,12-13H2,(H,23,24,25). The third-order valence-corrected chi connectivity index (χ3v) is 6.14. The van der Waals surface area contributed by atoms with Gasteiger partial charge >= 0.3 is 0 Å². The Hall–Kier alpha value is -1.56. The van der Waals surface area contributed by atoms with Crippen LogP contribution in [-0.4, -0.2) is 36.1 Å². The molecule has 0 bridgehead atoms. The minimum Gasteiger partial charge on any atom is -0.366 e. The highest BCUT2D eigenvalue weighted by Crippen LogP contribution is 2.37. The van der Waals surface area contributed by atoms with Gasteiger partial charge < -0.3 is 15.5 Å². The van der Waals surface area contributed by atoms with Crippen LogP contribution in [0, 0.1) is 5.41 Å². The molecule has 0 saturated carbocycles. The van der Waals surface area contributed by atoms with E-state index < -0.39 is 0 Å². The van der Waals surface area contributed by atoms with Gasteiger partial charge in [0.25, 0.3) is 0 Å². The SMILES string of the molecule is Clc1ccc(CNc2ccnc(N3CCC4(CCNC4)CC3)n2)c(Cl)c1. The Labute approximate surface area is 164 Å². The van der Waals surface area contributed by atoms with Crippen LogP contribution in [0.4, 0.5) is 11.8 Å². The van der Waals surface area contributed by atoms with Gasteiger partial charge in [-0.1, -0.05) is 29.3 Å². The van der Waals surface area contributed by atoms with Gasteiger partial charge in [0, 0.05) is 42.4 Å². The zero-order valence-corrected chi connectivity index (χ0v) is 16.2. The van der Waals surface area contributed by atoms with Crippen LogP contribution in [0.3, 0.4) is 0 Å². The molecule has 0 unspecified atom stereocenters. The summed E-state index contributed by atoms with van der Waals surface area (Å²) in [5, 5.41) is 8.14. The molecule has 138 valence electrons. The highest BCUT2D eigenvalue weighted by molar-refractivity contribution is 6.35. The lowest BCUT2D eigenvalue weighted by Crippen LogP contribution is -2.41. The monoisotopic (exact) mass is 391 g/mol. The van der Waals surface area contributed by atoms with Crippen molar-refractivity contribution in [3.8, 4) is 0 Å². The summed E-state index contributed by atoms with van der Waals surface area (Å²) in [6, 6.07) is 7.42. The van der Waals surface area contributed by atoms with Crippen LogP contribution in [-0.2, 0) is 6.54 Å². The lowest BCUT2D eigenvalue weighted by molar-refractivity contribution is 0.246. The average molecular weight is 392 g/mol. The van der Waals surface area contributed by atoms with E-state index in [0.717, 1.165) is 43.5 Å². The predicted molar refractivity (Wildman–Crippen MR) is 107 cm³/mol. The maximum atomic E-state index is 6.24. The van der Waals surface area contributed by atoms with Crippen molar-refractivity contribution in [3.63, 3.8) is 0 Å². The molecule has 5 nitrogen and oxygen atoms in total. The van der Waals surface area contributed by atoms with Crippen molar-refractivity contribution in [3.05, 3.63) is 46.1 Å². The Kier molecular flexibility index (Phi) is 5.20. The number of hydrogen-bond acceptors (Lipinski definition) is 5. The van der Waals surface area contributed by atoms with Crippen molar-refractivity contribution in [2.45, 2.75) is 25.8 Å². The van der Waals surface area contributed by atoms with E-state index in [1.165, 1.54) is 19.3 Å². The van der Waals surface area contributed by atoms with Crippen molar-refractivity contribution in [2.75, 3.05) is 36.4 Å². The van der Waals surface area contributed by atoms with Crippen LogP contribution in [0.1, 0.15) is 24.8 Å². The van der Waals surface area contributed by atoms with E-state index in [2.05, 4.69) is 20.5 Å². The third-order valence-electron chi connectivity index (χ3n) is 5.56. The first-order valence-corrected chi connectivity index (χ1v) is 9.86. The first kappa shape index (κ1) is 17.8. The Morgan fingerprint density at radius 1 is 1.15 bits per heavy atom. The first-order valence-electron chi connectivity index (χ1n) is 9.10. The van der Waals surface area contributed by atoms with Gasteiger partial charge in [0.2, 0.25) is 5.95 Å². The molecule has 2 saturated heterocycles. The van der Waals surface area contributed by atoms with Crippen LogP contribution < -0.4 is 15.5 Å². The van der Waals surface area contributed by atoms with Gasteiger partial charge in [-0.2, -0.15) is 4.98 Å². The molecule has 3 heterocycles. The van der Waals surface area contributed by atoms with Crippen molar-refractivity contribution in [2.24, 2.45) is 5.41 Å². The molecule has 0 radical (unpaired) electrons. The molecule has 4 rings (SSSR count). The van der Waals surface area contributed by atoms with Crippen molar-refractivity contribution in [1.29, 1.82) is 0 Å². The molecule has 1 spiro atoms. The highest BCUT2D eigenvalue weighted by atomic mass is 35.5. The van der Waals surface area contributed by atoms with E-state index in [1.807, 2.05) is 24.4 Å². The first-order chi connectivity index (χ1) is 12.6. The number of anilines is 2. The summed E-state index contributed by atoms with van der Waals surface area (Å²) in [7, 11) is 0. The number of halogens is 2. The normalized spacial score (nSPS) is 19.1. The Morgan fingerprint density at radius 3 is 2.73 bits per heavy atom. The van der Waals surface area contributed by atoms with Crippen molar-refractivity contribution < 1.29 is 0 Å². The average Bonchev–Trinajstić information content (AvgIpc) is 3.10. The summed E-state index contributed by atoms with van der Waals surface area (Å²) in [6.45, 7) is 4.96. The summed E-state index contributed by atoms with van der Waals surface area (Å²) in [5.41, 5.74) is 1.49. The third kappa shape index (κ3) is 3.90. The van der Waals surface area contributed by atoms with Gasteiger partial charge in [-0.15, -0.1) is 0 Å². The molecule has 0 atom stereocenters. The van der Waals surface area contributed by atoms with E-state index in [0.29, 0.717) is 22.0 Å². The lowest BCUT2D eigenvalue weighted by atomic mass is 9.78. The topological polar surface area (TPSA) is 53.1 Å². The van der Waals surface area contributed by atoms with Crippen molar-refractivity contribution in [1.82, 2.24) is 15.3 Å². The zero-order valence-electron chi connectivity index (χ0n) is 14.6. The number of rotatable bonds is 4. The van der Waals surface area contributed by atoms with Gasteiger partial charge in [-0.25, -0.2) is 4.98 Å². The second kappa shape index (κ2) is 7.59. The largest absolute Gasteiger partial charge is 0.366 e. The van der Waals surface area contributed by atoms with Crippen molar-refractivity contribution >= 4 is 35.0 Å². The molecule has 2 aromatic rings. The number of nitrogens with zero attached hydrogens (tertiary/aromatic N) is 3. The second-order valence-corrected chi connectivity index (χ2v) is 8.09. The van der Waals surface area contributed by atoms with Crippen LogP contribution >= 0.6 is 23.2 Å². The number of hydrogen-bond donors (Lipinski definition) is 2. The molecule has 2 aliphatic rings. The zero-order chi connectivity index (χ0) is 18.0. The van der Waals surface area contributed by atoms with Gasteiger partial charge in [-0.3, -0.25) is 0 Å². The van der Waals surface area contributed by atoms with Crippen LogP contribution in [0.25, 0.3) is 0 Å². The molecule has 1 aromatic heterocycles. The van der Waals surface area contributed by atoms with Crippen LogP contribution in [0.15, 0.2) is 30.5 Å². The van der Waals surface area contributed by atoms with Gasteiger partial charge in [-0.05, 0) is 55.0 Å². The Bertz CT molecular complexity index is 766. The molecule has 2 fully saturated rings. The predicted octanol–water partition coefficient (Wildman–Crippen LogP) is 3.98. The maximum absolute atomic E-state index is 6.24. The summed E-state index contributed by atoms with van der Waals surface area (Å²) in [6.07, 6.45) is 5.53. The number of nitrogens with one attached hydrogen (secondary N) is 2. The van der Waals surface area contributed by atoms with Crippen LogP contribution in [0.2, 0.25) is 10.0 Å². The molecular formula is C19H23Cl2N5. The molecule has 7 heteroatoms. The van der Waals surface area contributed by atoms with Gasteiger partial charge in [0.05, 0.1) is 0 Å². The minimum absolute atomic E-state index is 0.498. The summed E-state index contributed by atoms with van der Waals surface area (Å²) < 4.78 is 0. The van der Waals surface area contributed by atoms with Gasteiger partial charge in [0.1, 0.15) is 5.82 Å². The molecule has 26 heavy (non-hydrogen) atoms. The fourth-order valence-corrected chi connectivity index (χ4v) is 4.33. The number of benzene rings is 1. The number of piperidine rings is 1. The van der Waals surface area contributed by atoms with E-state index >= 15 is 0 Å². The van der Waals surface area contributed by atoms with E-state index in [-0.39, 0.29) is 0 Å².